The molecule has 0 atom stereocenters. The zero-order valence-electron chi connectivity index (χ0n) is 9.15. The zero-order chi connectivity index (χ0) is 12.7. The average molecular weight is 324 g/mol. The van der Waals surface area contributed by atoms with Crippen LogP contribution in [0.15, 0.2) is 45.3 Å². The standard InChI is InChI=1S/C13H8BrClN2O/c14-7-1-3-9(10(15)5-7)13-17-11-6-8(16)2-4-12(11)18-13/h1-6H,16H2. The molecule has 0 bridgehead atoms. The third-order valence-electron chi connectivity index (χ3n) is 2.57. The summed E-state index contributed by atoms with van der Waals surface area (Å²) in [6.45, 7) is 0. The SMILES string of the molecule is Nc1ccc2oc(-c3ccc(Br)cc3Cl)nc2c1. The van der Waals surface area contributed by atoms with Gasteiger partial charge in [0, 0.05) is 10.2 Å². The fourth-order valence-electron chi connectivity index (χ4n) is 1.72. The highest BCUT2D eigenvalue weighted by atomic mass is 79.9. The first-order chi connectivity index (χ1) is 8.63. The summed E-state index contributed by atoms with van der Waals surface area (Å²) in [6, 6.07) is 10.9. The molecule has 0 aliphatic rings. The van der Waals surface area contributed by atoms with Crippen LogP contribution in [0.25, 0.3) is 22.6 Å². The Labute approximate surface area is 117 Å². The fourth-order valence-corrected chi connectivity index (χ4v) is 2.48. The van der Waals surface area contributed by atoms with E-state index >= 15 is 0 Å². The van der Waals surface area contributed by atoms with Crippen molar-refractivity contribution in [3.63, 3.8) is 0 Å². The van der Waals surface area contributed by atoms with Crippen LogP contribution in [0.3, 0.4) is 0 Å². The monoisotopic (exact) mass is 322 g/mol. The second-order valence-corrected chi connectivity index (χ2v) is 5.19. The van der Waals surface area contributed by atoms with Gasteiger partial charge in [0.1, 0.15) is 5.52 Å². The summed E-state index contributed by atoms with van der Waals surface area (Å²) < 4.78 is 6.58. The number of oxazole rings is 1. The van der Waals surface area contributed by atoms with Crippen molar-refractivity contribution < 1.29 is 4.42 Å². The number of nitrogen functional groups attached to an aromatic ring is 1. The van der Waals surface area contributed by atoms with Crippen molar-refractivity contribution >= 4 is 44.3 Å². The Kier molecular flexibility index (Phi) is 2.76. The zero-order valence-corrected chi connectivity index (χ0v) is 11.5. The predicted molar refractivity (Wildman–Crippen MR) is 76.6 cm³/mol. The molecule has 18 heavy (non-hydrogen) atoms. The highest BCUT2D eigenvalue weighted by Gasteiger charge is 2.11. The average Bonchev–Trinajstić information content (AvgIpc) is 2.71. The molecule has 5 heteroatoms. The highest BCUT2D eigenvalue weighted by molar-refractivity contribution is 9.10. The van der Waals surface area contributed by atoms with E-state index in [0.29, 0.717) is 22.2 Å². The summed E-state index contributed by atoms with van der Waals surface area (Å²) in [5, 5.41) is 0.587. The lowest BCUT2D eigenvalue weighted by Gasteiger charge is -1.99. The van der Waals surface area contributed by atoms with Crippen molar-refractivity contribution in [1.29, 1.82) is 0 Å². The van der Waals surface area contributed by atoms with E-state index in [2.05, 4.69) is 20.9 Å². The number of halogens is 2. The summed E-state index contributed by atoms with van der Waals surface area (Å²) >= 11 is 9.53. The minimum absolute atomic E-state index is 0.494. The van der Waals surface area contributed by atoms with Gasteiger partial charge >= 0.3 is 0 Å². The third-order valence-corrected chi connectivity index (χ3v) is 3.38. The van der Waals surface area contributed by atoms with Crippen molar-refractivity contribution in [2.24, 2.45) is 0 Å². The second kappa shape index (κ2) is 4.30. The maximum Gasteiger partial charge on any atom is 0.228 e. The number of anilines is 1. The van der Waals surface area contributed by atoms with Crippen molar-refractivity contribution in [2.45, 2.75) is 0 Å². The van der Waals surface area contributed by atoms with Gasteiger partial charge in [-0.3, -0.25) is 0 Å². The molecule has 0 amide bonds. The van der Waals surface area contributed by atoms with Gasteiger partial charge < -0.3 is 10.2 Å². The van der Waals surface area contributed by atoms with Crippen LogP contribution in [0.2, 0.25) is 5.02 Å². The summed E-state index contributed by atoms with van der Waals surface area (Å²) in [5.41, 5.74) is 8.54. The first-order valence-electron chi connectivity index (χ1n) is 5.25. The smallest absolute Gasteiger partial charge is 0.228 e. The summed E-state index contributed by atoms with van der Waals surface area (Å²) in [5.74, 6) is 0.494. The first-order valence-corrected chi connectivity index (χ1v) is 6.42. The molecule has 90 valence electrons. The topological polar surface area (TPSA) is 52.0 Å². The molecule has 1 heterocycles. The lowest BCUT2D eigenvalue weighted by molar-refractivity contribution is 0.620. The van der Waals surface area contributed by atoms with Crippen molar-refractivity contribution in [2.75, 3.05) is 5.73 Å². The Hall–Kier alpha value is -1.52. The Bertz CT molecular complexity index is 739. The van der Waals surface area contributed by atoms with Crippen molar-refractivity contribution in [3.05, 3.63) is 45.9 Å². The molecule has 0 saturated heterocycles. The second-order valence-electron chi connectivity index (χ2n) is 3.87. The maximum absolute atomic E-state index is 6.17. The van der Waals surface area contributed by atoms with E-state index < -0.39 is 0 Å². The van der Waals surface area contributed by atoms with Gasteiger partial charge in [0.25, 0.3) is 0 Å². The maximum atomic E-state index is 6.17. The van der Waals surface area contributed by atoms with E-state index in [4.69, 9.17) is 21.8 Å². The van der Waals surface area contributed by atoms with Crippen LogP contribution in [0.1, 0.15) is 0 Å². The lowest BCUT2D eigenvalue weighted by Crippen LogP contribution is -1.82. The number of benzene rings is 2. The van der Waals surface area contributed by atoms with Crippen LogP contribution >= 0.6 is 27.5 Å². The van der Waals surface area contributed by atoms with Crippen molar-refractivity contribution in [1.82, 2.24) is 4.98 Å². The highest BCUT2D eigenvalue weighted by Crippen LogP contribution is 2.32. The van der Waals surface area contributed by atoms with Crippen LogP contribution in [0.5, 0.6) is 0 Å². The summed E-state index contributed by atoms with van der Waals surface area (Å²) in [6.07, 6.45) is 0. The molecule has 0 radical (unpaired) electrons. The van der Waals surface area contributed by atoms with Gasteiger partial charge in [-0.25, -0.2) is 4.98 Å². The minimum atomic E-state index is 0.494. The summed E-state index contributed by atoms with van der Waals surface area (Å²) in [7, 11) is 0. The van der Waals surface area contributed by atoms with E-state index in [1.165, 1.54) is 0 Å². The van der Waals surface area contributed by atoms with E-state index in [1.807, 2.05) is 12.1 Å². The van der Waals surface area contributed by atoms with Gasteiger partial charge in [-0.1, -0.05) is 27.5 Å². The van der Waals surface area contributed by atoms with Crippen LogP contribution in [0, 0.1) is 0 Å². The summed E-state index contributed by atoms with van der Waals surface area (Å²) in [4.78, 5) is 4.39. The van der Waals surface area contributed by atoms with Crippen LogP contribution in [-0.2, 0) is 0 Å². The molecule has 0 aliphatic heterocycles. The largest absolute Gasteiger partial charge is 0.436 e. The number of hydrogen-bond acceptors (Lipinski definition) is 3. The van der Waals surface area contributed by atoms with Gasteiger partial charge in [0.15, 0.2) is 5.58 Å². The van der Waals surface area contributed by atoms with Gasteiger partial charge in [-0.2, -0.15) is 0 Å². The van der Waals surface area contributed by atoms with E-state index in [-0.39, 0.29) is 0 Å². The molecule has 3 nitrogen and oxygen atoms in total. The van der Waals surface area contributed by atoms with Gasteiger partial charge in [-0.05, 0) is 36.4 Å². The molecule has 1 aromatic heterocycles. The van der Waals surface area contributed by atoms with Crippen molar-refractivity contribution in [3.8, 4) is 11.5 Å². The molecule has 0 unspecified atom stereocenters. The molecule has 0 saturated carbocycles. The number of hydrogen-bond donors (Lipinski definition) is 1. The van der Waals surface area contributed by atoms with Gasteiger partial charge in [0.2, 0.25) is 5.89 Å². The quantitative estimate of drug-likeness (QED) is 0.671. The minimum Gasteiger partial charge on any atom is -0.436 e. The van der Waals surface area contributed by atoms with Gasteiger partial charge in [0.05, 0.1) is 10.6 Å². The van der Waals surface area contributed by atoms with E-state index in [9.17, 15) is 0 Å². The Balaban J connectivity index is 2.19. The van der Waals surface area contributed by atoms with Crippen LogP contribution in [0.4, 0.5) is 5.69 Å². The van der Waals surface area contributed by atoms with E-state index in [0.717, 1.165) is 15.6 Å². The molecule has 0 aliphatic carbocycles. The molecule has 2 aromatic carbocycles. The molecule has 3 aromatic rings. The number of nitrogens with two attached hydrogens (primary N) is 1. The van der Waals surface area contributed by atoms with Crippen LogP contribution in [-0.4, -0.2) is 4.98 Å². The molecular formula is C13H8BrClN2O. The number of rotatable bonds is 1. The molecule has 2 N–H and O–H groups in total. The molecule has 0 fully saturated rings. The number of nitrogens with zero attached hydrogens (tertiary/aromatic N) is 1. The van der Waals surface area contributed by atoms with Gasteiger partial charge in [-0.15, -0.1) is 0 Å². The Morgan fingerprint density at radius 1 is 1.17 bits per heavy atom. The fraction of sp³-hybridized carbons (Fsp3) is 0. The predicted octanol–water partition coefficient (Wildman–Crippen LogP) is 4.49. The molecular weight excluding hydrogens is 316 g/mol. The number of fused-ring (bicyclic) bond motifs is 1. The lowest BCUT2D eigenvalue weighted by atomic mass is 10.2. The Morgan fingerprint density at radius 3 is 2.78 bits per heavy atom. The normalized spacial score (nSPS) is 11.0. The number of aromatic nitrogens is 1. The van der Waals surface area contributed by atoms with Crippen LogP contribution < -0.4 is 5.73 Å². The third kappa shape index (κ3) is 1.98. The van der Waals surface area contributed by atoms with E-state index in [1.54, 1.807) is 24.3 Å². The Morgan fingerprint density at radius 2 is 2.00 bits per heavy atom. The molecule has 3 rings (SSSR count). The first kappa shape index (κ1) is 11.6. The molecule has 0 spiro atoms.